The maximum atomic E-state index is 6.06. The van der Waals surface area contributed by atoms with E-state index in [9.17, 15) is 0 Å². The third-order valence-electron chi connectivity index (χ3n) is 3.03. The van der Waals surface area contributed by atoms with Crippen molar-refractivity contribution in [3.63, 3.8) is 0 Å². The smallest absolute Gasteiger partial charge is 0.0103 e. The van der Waals surface area contributed by atoms with Crippen LogP contribution >= 0.6 is 0 Å². The zero-order valence-corrected chi connectivity index (χ0v) is 9.67. The number of aryl methyl sites for hydroxylation is 2. The average molecular weight is 191 g/mol. The Balaban J connectivity index is 2.95. The Morgan fingerprint density at radius 1 is 1.29 bits per heavy atom. The van der Waals surface area contributed by atoms with E-state index in [2.05, 4.69) is 45.9 Å². The Morgan fingerprint density at radius 2 is 1.93 bits per heavy atom. The number of nitrogens with two attached hydrogens (primary N) is 1. The van der Waals surface area contributed by atoms with Crippen LogP contribution in [-0.4, -0.2) is 6.04 Å². The van der Waals surface area contributed by atoms with Gasteiger partial charge in [-0.2, -0.15) is 0 Å². The van der Waals surface area contributed by atoms with Crippen LogP contribution in [0.4, 0.5) is 0 Å². The first-order valence-corrected chi connectivity index (χ1v) is 5.39. The van der Waals surface area contributed by atoms with Crippen LogP contribution in [0.5, 0.6) is 0 Å². The highest BCUT2D eigenvalue weighted by Gasteiger charge is 2.14. The van der Waals surface area contributed by atoms with Crippen molar-refractivity contribution >= 4 is 0 Å². The van der Waals surface area contributed by atoms with Gasteiger partial charge in [0.25, 0.3) is 0 Å². The fourth-order valence-electron chi connectivity index (χ4n) is 1.92. The van der Waals surface area contributed by atoms with Crippen LogP contribution in [0.25, 0.3) is 0 Å². The van der Waals surface area contributed by atoms with Gasteiger partial charge in [-0.05, 0) is 37.3 Å². The Morgan fingerprint density at radius 3 is 2.43 bits per heavy atom. The Hall–Kier alpha value is -0.820. The molecule has 0 spiro atoms. The highest BCUT2D eigenvalue weighted by molar-refractivity contribution is 5.33. The van der Waals surface area contributed by atoms with Crippen molar-refractivity contribution < 1.29 is 0 Å². The summed E-state index contributed by atoms with van der Waals surface area (Å²) in [5.41, 5.74) is 10.1. The predicted octanol–water partition coefficient (Wildman–Crippen LogP) is 3.14. The fourth-order valence-corrected chi connectivity index (χ4v) is 1.92. The van der Waals surface area contributed by atoms with Crippen LogP contribution in [0.2, 0.25) is 0 Å². The van der Waals surface area contributed by atoms with E-state index in [-0.39, 0.29) is 6.04 Å². The molecule has 0 fully saturated rings. The number of hydrogen-bond donors (Lipinski definition) is 1. The van der Waals surface area contributed by atoms with Crippen LogP contribution in [0.3, 0.4) is 0 Å². The van der Waals surface area contributed by atoms with E-state index in [4.69, 9.17) is 5.73 Å². The third-order valence-corrected chi connectivity index (χ3v) is 3.03. The van der Waals surface area contributed by atoms with Crippen LogP contribution in [0.1, 0.15) is 42.9 Å². The normalized spacial score (nSPS) is 15.2. The minimum Gasteiger partial charge on any atom is -0.327 e. The Kier molecular flexibility index (Phi) is 3.70. The van der Waals surface area contributed by atoms with Crippen LogP contribution in [0.15, 0.2) is 18.2 Å². The van der Waals surface area contributed by atoms with Gasteiger partial charge in [-0.3, -0.25) is 0 Å². The second kappa shape index (κ2) is 4.61. The van der Waals surface area contributed by atoms with Gasteiger partial charge in [0.15, 0.2) is 0 Å². The molecule has 1 heteroatoms. The summed E-state index contributed by atoms with van der Waals surface area (Å²) in [7, 11) is 0. The summed E-state index contributed by atoms with van der Waals surface area (Å²) < 4.78 is 0. The molecule has 0 radical (unpaired) electrons. The quantitative estimate of drug-likeness (QED) is 0.780. The third kappa shape index (κ3) is 2.36. The lowest BCUT2D eigenvalue weighted by Gasteiger charge is -2.20. The number of hydrogen-bond acceptors (Lipinski definition) is 1. The molecule has 2 unspecified atom stereocenters. The van der Waals surface area contributed by atoms with E-state index in [0.29, 0.717) is 5.92 Å². The summed E-state index contributed by atoms with van der Waals surface area (Å²) in [6.07, 6.45) is 1.04. The molecule has 1 nitrogen and oxygen atoms in total. The molecule has 0 bridgehead atoms. The minimum absolute atomic E-state index is 0.274. The molecular formula is C13H21N. The van der Waals surface area contributed by atoms with Gasteiger partial charge in [-0.15, -0.1) is 0 Å². The summed E-state index contributed by atoms with van der Waals surface area (Å²) in [5, 5.41) is 0. The average Bonchev–Trinajstić information content (AvgIpc) is 2.15. The first kappa shape index (κ1) is 11.3. The molecule has 78 valence electrons. The zero-order chi connectivity index (χ0) is 10.7. The van der Waals surface area contributed by atoms with Gasteiger partial charge in [-0.25, -0.2) is 0 Å². The van der Waals surface area contributed by atoms with E-state index in [1.54, 1.807) is 0 Å². The van der Waals surface area contributed by atoms with Gasteiger partial charge in [0, 0.05) is 6.04 Å². The predicted molar refractivity (Wildman–Crippen MR) is 62.6 cm³/mol. The van der Waals surface area contributed by atoms with E-state index in [1.165, 1.54) is 16.7 Å². The van der Waals surface area contributed by atoms with Crippen LogP contribution in [-0.2, 0) is 0 Å². The van der Waals surface area contributed by atoms with Gasteiger partial charge in [0.2, 0.25) is 0 Å². The standard InChI is InChI=1S/C13H21N/c1-5-13(14)11(4)12-7-6-9(2)8-10(12)3/h6-8,11,13H,5,14H2,1-4H3. The van der Waals surface area contributed by atoms with Crippen LogP contribution in [0, 0.1) is 13.8 Å². The highest BCUT2D eigenvalue weighted by Crippen LogP contribution is 2.23. The first-order chi connectivity index (χ1) is 6.56. The van der Waals surface area contributed by atoms with E-state index in [1.807, 2.05) is 0 Å². The fraction of sp³-hybridized carbons (Fsp3) is 0.538. The van der Waals surface area contributed by atoms with Gasteiger partial charge >= 0.3 is 0 Å². The lowest BCUT2D eigenvalue weighted by atomic mass is 9.89. The Bertz CT molecular complexity index is 304. The zero-order valence-electron chi connectivity index (χ0n) is 9.67. The van der Waals surface area contributed by atoms with Gasteiger partial charge < -0.3 is 5.73 Å². The second-order valence-corrected chi connectivity index (χ2v) is 4.22. The molecule has 14 heavy (non-hydrogen) atoms. The van der Waals surface area contributed by atoms with Crippen molar-refractivity contribution in [2.24, 2.45) is 5.73 Å². The maximum absolute atomic E-state index is 6.06. The molecule has 0 heterocycles. The Labute approximate surface area is 87.3 Å². The molecule has 2 atom stereocenters. The first-order valence-electron chi connectivity index (χ1n) is 5.39. The highest BCUT2D eigenvalue weighted by atomic mass is 14.6. The van der Waals surface area contributed by atoms with Crippen LogP contribution < -0.4 is 5.73 Å². The van der Waals surface area contributed by atoms with E-state index in [0.717, 1.165) is 6.42 Å². The molecule has 2 N–H and O–H groups in total. The molecule has 1 aromatic rings. The molecule has 0 saturated heterocycles. The van der Waals surface area contributed by atoms with Gasteiger partial charge in [0.05, 0.1) is 0 Å². The van der Waals surface area contributed by atoms with Gasteiger partial charge in [0.1, 0.15) is 0 Å². The number of benzene rings is 1. The van der Waals surface area contributed by atoms with Crippen molar-refractivity contribution in [3.8, 4) is 0 Å². The van der Waals surface area contributed by atoms with Crippen molar-refractivity contribution in [3.05, 3.63) is 34.9 Å². The summed E-state index contributed by atoms with van der Waals surface area (Å²) >= 11 is 0. The number of rotatable bonds is 3. The SMILES string of the molecule is CCC(N)C(C)c1ccc(C)cc1C. The molecule has 1 rings (SSSR count). The molecule has 0 aliphatic heterocycles. The molecule has 0 saturated carbocycles. The summed E-state index contributed by atoms with van der Waals surface area (Å²) in [6, 6.07) is 6.89. The summed E-state index contributed by atoms with van der Waals surface area (Å²) in [6.45, 7) is 8.65. The van der Waals surface area contributed by atoms with E-state index < -0.39 is 0 Å². The lowest BCUT2D eigenvalue weighted by Crippen LogP contribution is -2.26. The molecule has 0 aromatic heterocycles. The van der Waals surface area contributed by atoms with Crippen molar-refractivity contribution in [2.75, 3.05) is 0 Å². The maximum Gasteiger partial charge on any atom is 0.0103 e. The second-order valence-electron chi connectivity index (χ2n) is 4.22. The molecule has 1 aromatic carbocycles. The van der Waals surface area contributed by atoms with Crippen molar-refractivity contribution in [1.29, 1.82) is 0 Å². The van der Waals surface area contributed by atoms with Crippen molar-refractivity contribution in [1.82, 2.24) is 0 Å². The molecule has 0 aliphatic carbocycles. The molecule has 0 amide bonds. The summed E-state index contributed by atoms with van der Waals surface area (Å²) in [4.78, 5) is 0. The minimum atomic E-state index is 0.274. The van der Waals surface area contributed by atoms with Crippen molar-refractivity contribution in [2.45, 2.75) is 46.1 Å². The molecule has 0 aliphatic rings. The lowest BCUT2D eigenvalue weighted by molar-refractivity contribution is 0.549. The molecular weight excluding hydrogens is 170 g/mol. The van der Waals surface area contributed by atoms with Gasteiger partial charge in [-0.1, -0.05) is 37.6 Å². The largest absolute Gasteiger partial charge is 0.327 e. The van der Waals surface area contributed by atoms with E-state index >= 15 is 0 Å². The topological polar surface area (TPSA) is 26.0 Å². The summed E-state index contributed by atoms with van der Waals surface area (Å²) in [5.74, 6) is 0.459. The monoisotopic (exact) mass is 191 g/mol.